The van der Waals surface area contributed by atoms with Crippen molar-refractivity contribution in [3.05, 3.63) is 35.6 Å². The molecule has 21 heavy (non-hydrogen) atoms. The van der Waals surface area contributed by atoms with Crippen LogP contribution >= 0.6 is 0 Å². The van der Waals surface area contributed by atoms with Gasteiger partial charge in [0.25, 0.3) is 0 Å². The normalized spacial score (nSPS) is 18.5. The molecule has 1 fully saturated rings. The third kappa shape index (κ3) is 4.82. The van der Waals surface area contributed by atoms with Gasteiger partial charge in [-0.25, -0.2) is 4.39 Å². The predicted molar refractivity (Wildman–Crippen MR) is 74.9 cm³/mol. The number of carbonyl (C=O) groups excluding carboxylic acids is 2. The molecule has 114 valence electrons. The number of nitrogens with zero attached hydrogens (tertiary/aromatic N) is 1. The number of nitrogens with two attached hydrogens (primary N) is 1. The van der Waals surface area contributed by atoms with E-state index < -0.39 is 5.91 Å². The van der Waals surface area contributed by atoms with E-state index in [9.17, 15) is 14.0 Å². The van der Waals surface area contributed by atoms with E-state index in [1.54, 1.807) is 11.0 Å². The van der Waals surface area contributed by atoms with Gasteiger partial charge in [0.2, 0.25) is 11.8 Å². The highest BCUT2D eigenvalue weighted by Gasteiger charge is 2.24. The molecule has 1 aromatic rings. The number of carbonyl (C=O) groups is 2. The van der Waals surface area contributed by atoms with Crippen molar-refractivity contribution in [1.82, 2.24) is 4.90 Å². The predicted octanol–water partition coefficient (Wildman–Crippen LogP) is 0.861. The van der Waals surface area contributed by atoms with Crippen molar-refractivity contribution in [1.29, 1.82) is 0 Å². The Balaban J connectivity index is 1.88. The van der Waals surface area contributed by atoms with Crippen LogP contribution in [0.4, 0.5) is 4.39 Å². The second-order valence-corrected chi connectivity index (χ2v) is 5.13. The third-order valence-electron chi connectivity index (χ3n) is 3.43. The zero-order valence-electron chi connectivity index (χ0n) is 11.8. The van der Waals surface area contributed by atoms with E-state index in [0.717, 1.165) is 5.56 Å². The zero-order chi connectivity index (χ0) is 15.2. The molecule has 0 aromatic heterocycles. The SMILES string of the molecule is NC(=O)CCC(=O)N1CCOC(Cc2cccc(F)c2)C1. The Morgan fingerprint density at radius 3 is 2.90 bits per heavy atom. The summed E-state index contributed by atoms with van der Waals surface area (Å²) in [7, 11) is 0. The second-order valence-electron chi connectivity index (χ2n) is 5.13. The quantitative estimate of drug-likeness (QED) is 0.875. The third-order valence-corrected chi connectivity index (χ3v) is 3.43. The fourth-order valence-electron chi connectivity index (χ4n) is 2.38. The van der Waals surface area contributed by atoms with Crippen molar-refractivity contribution in [3.63, 3.8) is 0 Å². The molecule has 2 rings (SSSR count). The highest BCUT2D eigenvalue weighted by Crippen LogP contribution is 2.14. The average Bonchev–Trinajstić information content (AvgIpc) is 2.45. The number of rotatable bonds is 5. The molecule has 0 radical (unpaired) electrons. The Kier molecular flexibility index (Phi) is 5.27. The van der Waals surface area contributed by atoms with Crippen molar-refractivity contribution in [2.75, 3.05) is 19.7 Å². The number of hydrogen-bond acceptors (Lipinski definition) is 3. The largest absolute Gasteiger partial charge is 0.374 e. The van der Waals surface area contributed by atoms with Crippen LogP contribution in [0.2, 0.25) is 0 Å². The van der Waals surface area contributed by atoms with Crippen LogP contribution in [0.15, 0.2) is 24.3 Å². The molecule has 0 saturated carbocycles. The lowest BCUT2D eigenvalue weighted by atomic mass is 10.1. The lowest BCUT2D eigenvalue weighted by Crippen LogP contribution is -2.46. The van der Waals surface area contributed by atoms with Crippen molar-refractivity contribution in [3.8, 4) is 0 Å². The van der Waals surface area contributed by atoms with E-state index in [-0.39, 0.29) is 30.7 Å². The summed E-state index contributed by atoms with van der Waals surface area (Å²) < 4.78 is 18.8. The first-order chi connectivity index (χ1) is 10.0. The summed E-state index contributed by atoms with van der Waals surface area (Å²) in [5.74, 6) is -0.855. The Bertz CT molecular complexity index is 521. The summed E-state index contributed by atoms with van der Waals surface area (Å²) in [6.45, 7) is 1.41. The van der Waals surface area contributed by atoms with Crippen molar-refractivity contribution >= 4 is 11.8 Å². The molecule has 2 amide bonds. The second kappa shape index (κ2) is 7.17. The van der Waals surface area contributed by atoms with Crippen LogP contribution in [0.25, 0.3) is 0 Å². The molecule has 1 unspecified atom stereocenters. The van der Waals surface area contributed by atoms with Gasteiger partial charge in [-0.15, -0.1) is 0 Å². The minimum Gasteiger partial charge on any atom is -0.374 e. The minimum absolute atomic E-state index is 0.0603. The van der Waals surface area contributed by atoms with E-state index >= 15 is 0 Å². The van der Waals surface area contributed by atoms with Crippen LogP contribution in [0, 0.1) is 5.82 Å². The highest BCUT2D eigenvalue weighted by molar-refractivity contribution is 5.82. The monoisotopic (exact) mass is 294 g/mol. The summed E-state index contributed by atoms with van der Waals surface area (Å²) in [4.78, 5) is 24.3. The summed E-state index contributed by atoms with van der Waals surface area (Å²) in [5, 5.41) is 0. The van der Waals surface area contributed by atoms with Crippen LogP contribution in [0.1, 0.15) is 18.4 Å². The smallest absolute Gasteiger partial charge is 0.223 e. The summed E-state index contributed by atoms with van der Waals surface area (Å²) in [6.07, 6.45) is 0.586. The first-order valence-corrected chi connectivity index (χ1v) is 6.96. The summed E-state index contributed by atoms with van der Waals surface area (Å²) in [6, 6.07) is 6.35. The summed E-state index contributed by atoms with van der Waals surface area (Å²) >= 11 is 0. The molecule has 1 heterocycles. The number of ether oxygens (including phenoxy) is 1. The summed E-state index contributed by atoms with van der Waals surface area (Å²) in [5.41, 5.74) is 5.88. The molecule has 1 aromatic carbocycles. The van der Waals surface area contributed by atoms with Gasteiger partial charge in [0.15, 0.2) is 0 Å². The van der Waals surface area contributed by atoms with Crippen molar-refractivity contribution in [2.45, 2.75) is 25.4 Å². The molecular formula is C15H19FN2O3. The fourth-order valence-corrected chi connectivity index (χ4v) is 2.38. The van der Waals surface area contributed by atoms with Crippen LogP contribution in [-0.2, 0) is 20.7 Å². The lowest BCUT2D eigenvalue weighted by molar-refractivity contribution is -0.139. The van der Waals surface area contributed by atoms with Crippen molar-refractivity contribution in [2.24, 2.45) is 5.73 Å². The van der Waals surface area contributed by atoms with E-state index in [1.807, 2.05) is 6.07 Å². The van der Waals surface area contributed by atoms with Crippen LogP contribution in [0.3, 0.4) is 0 Å². The van der Waals surface area contributed by atoms with Crippen LogP contribution in [-0.4, -0.2) is 42.5 Å². The first kappa shape index (κ1) is 15.4. The van der Waals surface area contributed by atoms with E-state index in [2.05, 4.69) is 0 Å². The van der Waals surface area contributed by atoms with E-state index in [4.69, 9.17) is 10.5 Å². The molecule has 1 atom stereocenters. The van der Waals surface area contributed by atoms with Gasteiger partial charge in [-0.1, -0.05) is 12.1 Å². The minimum atomic E-state index is -0.479. The molecule has 0 aliphatic carbocycles. The molecule has 1 aliphatic heterocycles. The van der Waals surface area contributed by atoms with Gasteiger partial charge in [0.05, 0.1) is 12.7 Å². The number of halogens is 1. The Morgan fingerprint density at radius 2 is 2.19 bits per heavy atom. The molecule has 6 heteroatoms. The van der Waals surface area contributed by atoms with Gasteiger partial charge in [0.1, 0.15) is 5.82 Å². The molecule has 1 aliphatic rings. The molecule has 0 spiro atoms. The molecule has 5 nitrogen and oxygen atoms in total. The van der Waals surface area contributed by atoms with Gasteiger partial charge in [0, 0.05) is 32.4 Å². The average molecular weight is 294 g/mol. The van der Waals surface area contributed by atoms with Crippen LogP contribution in [0.5, 0.6) is 0 Å². The standard InChI is InChI=1S/C15H19FN2O3/c16-12-3-1-2-11(8-12)9-13-10-18(6-7-21-13)15(20)5-4-14(17)19/h1-3,8,13H,4-7,9-10H2,(H2,17,19). The van der Waals surface area contributed by atoms with Gasteiger partial charge in [-0.05, 0) is 17.7 Å². The van der Waals surface area contributed by atoms with Gasteiger partial charge in [-0.3, -0.25) is 9.59 Å². The number of primary amides is 1. The fraction of sp³-hybridized carbons (Fsp3) is 0.467. The van der Waals surface area contributed by atoms with Gasteiger partial charge >= 0.3 is 0 Å². The topological polar surface area (TPSA) is 72.6 Å². The Labute approximate surface area is 122 Å². The highest BCUT2D eigenvalue weighted by atomic mass is 19.1. The number of morpholine rings is 1. The number of benzene rings is 1. The van der Waals surface area contributed by atoms with Crippen molar-refractivity contribution < 1.29 is 18.7 Å². The lowest BCUT2D eigenvalue weighted by Gasteiger charge is -2.33. The maximum atomic E-state index is 13.2. The van der Waals surface area contributed by atoms with E-state index in [1.165, 1.54) is 12.1 Å². The first-order valence-electron chi connectivity index (χ1n) is 6.96. The number of hydrogen-bond donors (Lipinski definition) is 1. The molecule has 1 saturated heterocycles. The van der Waals surface area contributed by atoms with Crippen LogP contribution < -0.4 is 5.73 Å². The van der Waals surface area contributed by atoms with Gasteiger partial charge < -0.3 is 15.4 Å². The maximum Gasteiger partial charge on any atom is 0.223 e. The Morgan fingerprint density at radius 1 is 1.38 bits per heavy atom. The molecular weight excluding hydrogens is 275 g/mol. The molecule has 2 N–H and O–H groups in total. The van der Waals surface area contributed by atoms with E-state index in [0.29, 0.717) is 26.1 Å². The number of amides is 2. The maximum absolute atomic E-state index is 13.2. The van der Waals surface area contributed by atoms with Gasteiger partial charge in [-0.2, -0.15) is 0 Å². The Hall–Kier alpha value is -1.95. The zero-order valence-corrected chi connectivity index (χ0v) is 11.8. The molecule has 0 bridgehead atoms.